The summed E-state index contributed by atoms with van der Waals surface area (Å²) in [5.41, 5.74) is 6.76. The minimum absolute atomic E-state index is 0.370. The van der Waals surface area contributed by atoms with Crippen molar-refractivity contribution in [1.29, 1.82) is 0 Å². The number of piperidine rings is 1. The van der Waals surface area contributed by atoms with E-state index < -0.39 is 5.97 Å². The molecule has 5 heteroatoms. The maximum Gasteiger partial charge on any atom is 0.335 e. The van der Waals surface area contributed by atoms with Gasteiger partial charge in [0.15, 0.2) is 0 Å². The average Bonchev–Trinajstić information content (AvgIpc) is 3.17. The van der Waals surface area contributed by atoms with Crippen molar-refractivity contribution in [3.05, 3.63) is 53.6 Å². The van der Waals surface area contributed by atoms with Crippen LogP contribution < -0.4 is 4.90 Å². The molecule has 2 atom stereocenters. The number of anilines is 1. The number of fused-ring (bicyclic) bond motifs is 5. The summed E-state index contributed by atoms with van der Waals surface area (Å²) >= 11 is 0. The number of carbonyl (C=O) groups is 1. The van der Waals surface area contributed by atoms with Crippen LogP contribution in [0.1, 0.15) is 94.0 Å². The molecule has 0 amide bonds. The van der Waals surface area contributed by atoms with Crippen molar-refractivity contribution in [2.45, 2.75) is 90.6 Å². The maximum atomic E-state index is 11.9. The number of carboxylic acids is 1. The van der Waals surface area contributed by atoms with Crippen LogP contribution in [0.3, 0.4) is 0 Å². The molecule has 0 aliphatic carbocycles. The molecule has 2 unspecified atom stereocenters. The van der Waals surface area contributed by atoms with Gasteiger partial charge in [0, 0.05) is 47.8 Å². The molecular formula is C33H45N3O2. The number of aromatic carboxylic acids is 1. The van der Waals surface area contributed by atoms with E-state index in [9.17, 15) is 9.90 Å². The number of hydrogen-bond donors (Lipinski definition) is 1. The van der Waals surface area contributed by atoms with E-state index in [1.807, 2.05) is 6.07 Å². The number of unbranched alkanes of at least 4 members (excludes halogenated alkanes) is 2. The molecule has 1 saturated heterocycles. The van der Waals surface area contributed by atoms with Gasteiger partial charge >= 0.3 is 5.97 Å². The summed E-state index contributed by atoms with van der Waals surface area (Å²) in [7, 11) is 0. The SMILES string of the molecule is CCCCCC(C)c1c2n(c3cc(C(=O)O)ccc13)CCN(CCC1CCCCN1CC)c1ccccc1-2. The first kappa shape index (κ1) is 26.8. The Labute approximate surface area is 228 Å². The minimum Gasteiger partial charge on any atom is -0.478 e. The Hall–Kier alpha value is -2.79. The molecule has 1 N–H and O–H groups in total. The Kier molecular flexibility index (Phi) is 8.42. The van der Waals surface area contributed by atoms with Crippen LogP contribution in [-0.2, 0) is 6.54 Å². The molecular weight excluding hydrogens is 470 g/mol. The van der Waals surface area contributed by atoms with Crippen molar-refractivity contribution in [2.75, 3.05) is 31.1 Å². The van der Waals surface area contributed by atoms with Gasteiger partial charge in [0.1, 0.15) is 0 Å². The summed E-state index contributed by atoms with van der Waals surface area (Å²) < 4.78 is 2.44. The van der Waals surface area contributed by atoms with E-state index in [2.05, 4.69) is 65.5 Å². The molecule has 38 heavy (non-hydrogen) atoms. The standard InChI is InChI=1S/C33H45N3O2/c1-4-6-7-12-24(3)31-27-17-16-25(33(37)38)23-30(27)36-22-21-35(29-15-9-8-14-28(29)32(31)36)20-18-26-13-10-11-19-34(26)5-2/h8-9,14-17,23-24,26H,4-7,10-13,18-22H2,1-3H3,(H,37,38). The number of rotatable bonds is 10. The van der Waals surface area contributed by atoms with Gasteiger partial charge < -0.3 is 19.5 Å². The number of para-hydroxylation sites is 1. The third-order valence-corrected chi connectivity index (χ3v) is 9.07. The van der Waals surface area contributed by atoms with Gasteiger partial charge in [0.2, 0.25) is 0 Å². The van der Waals surface area contributed by atoms with E-state index in [4.69, 9.17) is 0 Å². The zero-order valence-corrected chi connectivity index (χ0v) is 23.6. The van der Waals surface area contributed by atoms with Gasteiger partial charge in [-0.05, 0) is 68.5 Å². The lowest BCUT2D eigenvalue weighted by molar-refractivity contribution is 0.0697. The molecule has 2 aliphatic rings. The number of hydrogen-bond acceptors (Lipinski definition) is 3. The molecule has 3 heterocycles. The highest BCUT2D eigenvalue weighted by Gasteiger charge is 2.29. The summed E-state index contributed by atoms with van der Waals surface area (Å²) in [4.78, 5) is 17.2. The van der Waals surface area contributed by atoms with E-state index in [0.717, 1.165) is 38.1 Å². The second-order valence-electron chi connectivity index (χ2n) is 11.4. The number of benzene rings is 2. The molecule has 2 aromatic carbocycles. The maximum absolute atomic E-state index is 11.9. The Bertz CT molecular complexity index is 1260. The largest absolute Gasteiger partial charge is 0.478 e. The second-order valence-corrected chi connectivity index (χ2v) is 11.4. The van der Waals surface area contributed by atoms with Crippen molar-refractivity contribution < 1.29 is 9.90 Å². The van der Waals surface area contributed by atoms with Crippen LogP contribution in [-0.4, -0.2) is 52.8 Å². The Morgan fingerprint density at radius 3 is 2.68 bits per heavy atom. The Morgan fingerprint density at radius 2 is 1.89 bits per heavy atom. The summed E-state index contributed by atoms with van der Waals surface area (Å²) in [6.45, 7) is 12.2. The van der Waals surface area contributed by atoms with Crippen molar-refractivity contribution in [1.82, 2.24) is 9.47 Å². The van der Waals surface area contributed by atoms with E-state index >= 15 is 0 Å². The lowest BCUT2D eigenvalue weighted by Crippen LogP contribution is -2.41. The molecule has 0 bridgehead atoms. The van der Waals surface area contributed by atoms with E-state index in [1.165, 1.54) is 79.4 Å². The van der Waals surface area contributed by atoms with Gasteiger partial charge in [0.25, 0.3) is 0 Å². The predicted octanol–water partition coefficient (Wildman–Crippen LogP) is 7.77. The smallest absolute Gasteiger partial charge is 0.335 e. The van der Waals surface area contributed by atoms with Gasteiger partial charge in [-0.2, -0.15) is 0 Å². The normalized spacial score (nSPS) is 18.7. The fraction of sp³-hybridized carbons (Fsp3) is 0.545. The third kappa shape index (κ3) is 5.22. The lowest BCUT2D eigenvalue weighted by atomic mass is 9.90. The lowest BCUT2D eigenvalue weighted by Gasteiger charge is -2.36. The highest BCUT2D eigenvalue weighted by molar-refractivity contribution is 5.99. The third-order valence-electron chi connectivity index (χ3n) is 9.07. The molecule has 5 nitrogen and oxygen atoms in total. The van der Waals surface area contributed by atoms with Crippen LogP contribution >= 0.6 is 0 Å². The van der Waals surface area contributed by atoms with Crippen LogP contribution in [0.2, 0.25) is 0 Å². The highest BCUT2D eigenvalue weighted by Crippen LogP contribution is 2.45. The van der Waals surface area contributed by atoms with Crippen molar-refractivity contribution in [2.24, 2.45) is 0 Å². The molecule has 0 radical (unpaired) electrons. The first-order valence-electron chi connectivity index (χ1n) is 15.0. The van der Waals surface area contributed by atoms with Gasteiger partial charge in [-0.1, -0.05) is 70.7 Å². The summed E-state index contributed by atoms with van der Waals surface area (Å²) in [5.74, 6) is -0.445. The molecule has 0 saturated carbocycles. The zero-order chi connectivity index (χ0) is 26.6. The number of likely N-dealkylation sites (tertiary alicyclic amines) is 1. The molecule has 2 aliphatic heterocycles. The van der Waals surface area contributed by atoms with Crippen LogP contribution in [0.5, 0.6) is 0 Å². The summed E-state index contributed by atoms with van der Waals surface area (Å²) in [5, 5.41) is 11.0. The predicted molar refractivity (Wildman–Crippen MR) is 159 cm³/mol. The Balaban J connectivity index is 1.56. The zero-order valence-electron chi connectivity index (χ0n) is 23.6. The fourth-order valence-electron chi connectivity index (χ4n) is 7.01. The molecule has 1 fully saturated rings. The van der Waals surface area contributed by atoms with Gasteiger partial charge in [0.05, 0.1) is 11.3 Å². The topological polar surface area (TPSA) is 48.7 Å². The van der Waals surface area contributed by atoms with Crippen LogP contribution in [0.25, 0.3) is 22.2 Å². The van der Waals surface area contributed by atoms with Crippen molar-refractivity contribution in [3.63, 3.8) is 0 Å². The van der Waals surface area contributed by atoms with Gasteiger partial charge in [-0.25, -0.2) is 4.79 Å². The first-order valence-corrected chi connectivity index (χ1v) is 15.0. The van der Waals surface area contributed by atoms with E-state index in [1.54, 1.807) is 6.07 Å². The highest BCUT2D eigenvalue weighted by atomic mass is 16.4. The minimum atomic E-state index is -0.858. The van der Waals surface area contributed by atoms with Crippen molar-refractivity contribution >= 4 is 22.6 Å². The quantitative estimate of drug-likeness (QED) is 0.280. The van der Waals surface area contributed by atoms with Crippen LogP contribution in [0, 0.1) is 0 Å². The first-order chi connectivity index (χ1) is 18.5. The summed E-state index contributed by atoms with van der Waals surface area (Å²) in [6.07, 6.45) is 10.0. The van der Waals surface area contributed by atoms with Crippen LogP contribution in [0.4, 0.5) is 5.69 Å². The van der Waals surface area contributed by atoms with Crippen molar-refractivity contribution in [3.8, 4) is 11.3 Å². The molecule has 3 aromatic rings. The van der Waals surface area contributed by atoms with Gasteiger partial charge in [-0.15, -0.1) is 0 Å². The average molecular weight is 516 g/mol. The number of carboxylic acid groups (broad SMARTS) is 1. The monoisotopic (exact) mass is 515 g/mol. The molecule has 0 spiro atoms. The number of aromatic nitrogens is 1. The van der Waals surface area contributed by atoms with E-state index in [0.29, 0.717) is 17.5 Å². The van der Waals surface area contributed by atoms with E-state index in [-0.39, 0.29) is 0 Å². The second kappa shape index (κ2) is 11.9. The Morgan fingerprint density at radius 1 is 1.05 bits per heavy atom. The number of nitrogens with zero attached hydrogens (tertiary/aromatic N) is 3. The fourth-order valence-corrected chi connectivity index (χ4v) is 7.01. The van der Waals surface area contributed by atoms with Gasteiger partial charge in [-0.3, -0.25) is 0 Å². The molecule has 204 valence electrons. The molecule has 5 rings (SSSR count). The molecule has 1 aromatic heterocycles. The summed E-state index contributed by atoms with van der Waals surface area (Å²) in [6, 6.07) is 15.4. The van der Waals surface area contributed by atoms with Crippen LogP contribution in [0.15, 0.2) is 42.5 Å².